The Labute approximate surface area is 165 Å². The van der Waals surface area contributed by atoms with Crippen molar-refractivity contribution in [2.75, 3.05) is 34.2 Å². The van der Waals surface area contributed by atoms with Crippen molar-refractivity contribution in [1.29, 1.82) is 0 Å². The molecule has 2 rings (SSSR count). The van der Waals surface area contributed by atoms with Gasteiger partial charge in [-0.2, -0.15) is 0 Å². The normalized spacial score (nSPS) is 11.4. The molecule has 0 atom stereocenters. The smallest absolute Gasteiger partial charge is 0.253 e. The Morgan fingerprint density at radius 3 is 2.48 bits per heavy atom. The van der Waals surface area contributed by atoms with Gasteiger partial charge in [0.15, 0.2) is 5.96 Å². The first-order chi connectivity index (χ1) is 12.9. The number of thiazole rings is 1. The lowest BCUT2D eigenvalue weighted by molar-refractivity contribution is 0.0827. The molecule has 1 heterocycles. The average molecular weight is 388 g/mol. The number of nitrogens with zero attached hydrogens (tertiary/aromatic N) is 3. The lowest BCUT2D eigenvalue weighted by Crippen LogP contribution is -2.39. The van der Waals surface area contributed by atoms with Gasteiger partial charge in [-0.1, -0.05) is 12.1 Å². The number of carbonyl (C=O) groups excluding carboxylic acids is 1. The molecule has 0 radical (unpaired) electrons. The van der Waals surface area contributed by atoms with Crippen LogP contribution in [0.2, 0.25) is 0 Å². The van der Waals surface area contributed by atoms with Crippen LogP contribution in [0.4, 0.5) is 0 Å². The lowest BCUT2D eigenvalue weighted by atomic mass is 10.1. The minimum Gasteiger partial charge on any atom is -0.356 e. The van der Waals surface area contributed by atoms with E-state index in [1.165, 1.54) is 4.88 Å². The van der Waals surface area contributed by atoms with Gasteiger partial charge in [0.2, 0.25) is 0 Å². The van der Waals surface area contributed by atoms with Crippen molar-refractivity contribution in [2.45, 2.75) is 26.7 Å². The van der Waals surface area contributed by atoms with Gasteiger partial charge in [-0.15, -0.1) is 11.3 Å². The molecular weight excluding hydrogens is 358 g/mol. The molecule has 0 unspecified atom stereocenters. The van der Waals surface area contributed by atoms with Gasteiger partial charge in [-0.3, -0.25) is 9.79 Å². The standard InChI is InChI=1S/C20H29N5OS/c1-14-18(27-15(2)24-14)10-12-23-20(21-3)22-11-9-16-7-6-8-17(13-16)19(26)25(4)5/h6-8,13H,9-12H2,1-5H3,(H2,21,22,23). The Hall–Kier alpha value is -2.41. The second-order valence-electron chi connectivity index (χ2n) is 6.57. The van der Waals surface area contributed by atoms with E-state index in [4.69, 9.17) is 0 Å². The first-order valence-corrected chi connectivity index (χ1v) is 9.90. The molecule has 0 bridgehead atoms. The van der Waals surface area contributed by atoms with Crippen LogP contribution in [0.1, 0.15) is 31.5 Å². The highest BCUT2D eigenvalue weighted by molar-refractivity contribution is 7.11. The molecule has 7 heteroatoms. The first kappa shape index (κ1) is 20.9. The fourth-order valence-electron chi connectivity index (χ4n) is 2.76. The predicted molar refractivity (Wildman–Crippen MR) is 113 cm³/mol. The van der Waals surface area contributed by atoms with E-state index in [0.717, 1.165) is 53.7 Å². The number of rotatable bonds is 7. The third-order valence-corrected chi connectivity index (χ3v) is 5.29. The summed E-state index contributed by atoms with van der Waals surface area (Å²) < 4.78 is 0. The van der Waals surface area contributed by atoms with Crippen molar-refractivity contribution in [3.05, 3.63) is 51.0 Å². The monoisotopic (exact) mass is 387 g/mol. The number of guanidine groups is 1. The Morgan fingerprint density at radius 1 is 1.19 bits per heavy atom. The summed E-state index contributed by atoms with van der Waals surface area (Å²) in [4.78, 5) is 23.7. The SMILES string of the molecule is CN=C(NCCc1cccc(C(=O)N(C)C)c1)NCCc1sc(C)nc1C. The molecule has 0 fully saturated rings. The maximum atomic E-state index is 12.1. The molecule has 0 aliphatic heterocycles. The van der Waals surface area contributed by atoms with Crippen LogP contribution in [0, 0.1) is 13.8 Å². The van der Waals surface area contributed by atoms with E-state index in [0.29, 0.717) is 0 Å². The van der Waals surface area contributed by atoms with E-state index in [2.05, 4.69) is 27.5 Å². The molecule has 0 saturated heterocycles. The number of nitrogens with one attached hydrogen (secondary N) is 2. The molecule has 27 heavy (non-hydrogen) atoms. The minimum atomic E-state index is 0.0240. The zero-order valence-electron chi connectivity index (χ0n) is 16.8. The largest absolute Gasteiger partial charge is 0.356 e. The van der Waals surface area contributed by atoms with Gasteiger partial charge < -0.3 is 15.5 Å². The molecule has 0 spiro atoms. The van der Waals surface area contributed by atoms with Crippen molar-refractivity contribution in [2.24, 2.45) is 4.99 Å². The number of hydrogen-bond acceptors (Lipinski definition) is 4. The summed E-state index contributed by atoms with van der Waals surface area (Å²) in [5, 5.41) is 7.78. The molecular formula is C20H29N5OS. The second kappa shape index (κ2) is 10.1. The summed E-state index contributed by atoms with van der Waals surface area (Å²) in [5.41, 5.74) is 2.96. The molecule has 2 N–H and O–H groups in total. The molecule has 0 aliphatic carbocycles. The van der Waals surface area contributed by atoms with Gasteiger partial charge in [-0.05, 0) is 38.0 Å². The van der Waals surface area contributed by atoms with E-state index in [9.17, 15) is 4.79 Å². The topological polar surface area (TPSA) is 69.6 Å². The molecule has 6 nitrogen and oxygen atoms in total. The summed E-state index contributed by atoms with van der Waals surface area (Å²) in [7, 11) is 5.30. The van der Waals surface area contributed by atoms with Crippen LogP contribution in [-0.4, -0.2) is 56.0 Å². The highest BCUT2D eigenvalue weighted by atomic mass is 32.1. The summed E-state index contributed by atoms with van der Waals surface area (Å²) in [6.07, 6.45) is 1.76. The number of aryl methyl sites for hydroxylation is 2. The van der Waals surface area contributed by atoms with Crippen molar-refractivity contribution in [1.82, 2.24) is 20.5 Å². The van der Waals surface area contributed by atoms with Crippen LogP contribution in [0.3, 0.4) is 0 Å². The molecule has 1 aromatic carbocycles. The zero-order valence-corrected chi connectivity index (χ0v) is 17.6. The third kappa shape index (κ3) is 6.36. The van der Waals surface area contributed by atoms with Crippen LogP contribution in [0.15, 0.2) is 29.3 Å². The van der Waals surface area contributed by atoms with Gasteiger partial charge in [0.1, 0.15) is 0 Å². The Balaban J connectivity index is 1.78. The van der Waals surface area contributed by atoms with Crippen molar-refractivity contribution in [3.8, 4) is 0 Å². The minimum absolute atomic E-state index is 0.0240. The van der Waals surface area contributed by atoms with E-state index >= 15 is 0 Å². The van der Waals surface area contributed by atoms with Crippen LogP contribution in [0.25, 0.3) is 0 Å². The number of amides is 1. The Bertz CT molecular complexity index is 797. The number of aromatic nitrogens is 1. The van der Waals surface area contributed by atoms with Crippen LogP contribution < -0.4 is 10.6 Å². The van der Waals surface area contributed by atoms with Gasteiger partial charge in [0.25, 0.3) is 5.91 Å². The van der Waals surface area contributed by atoms with Gasteiger partial charge in [0, 0.05) is 51.1 Å². The first-order valence-electron chi connectivity index (χ1n) is 9.08. The van der Waals surface area contributed by atoms with Crippen molar-refractivity contribution >= 4 is 23.2 Å². The van der Waals surface area contributed by atoms with Crippen molar-refractivity contribution in [3.63, 3.8) is 0 Å². The summed E-state index contributed by atoms with van der Waals surface area (Å²) in [6, 6.07) is 7.77. The number of benzene rings is 1. The fraction of sp³-hybridized carbons (Fsp3) is 0.450. The van der Waals surface area contributed by atoms with Crippen LogP contribution >= 0.6 is 11.3 Å². The molecule has 1 amide bonds. The van der Waals surface area contributed by atoms with E-state index in [-0.39, 0.29) is 5.91 Å². The summed E-state index contributed by atoms with van der Waals surface area (Å²) in [5.74, 6) is 0.810. The quantitative estimate of drug-likeness (QED) is 0.565. The summed E-state index contributed by atoms with van der Waals surface area (Å²) in [6.45, 7) is 5.66. The third-order valence-electron chi connectivity index (χ3n) is 4.15. The van der Waals surface area contributed by atoms with Crippen molar-refractivity contribution < 1.29 is 4.79 Å². The Kier molecular flexibility index (Phi) is 7.79. The maximum absolute atomic E-state index is 12.1. The number of aliphatic imine (C=N–C) groups is 1. The molecule has 1 aromatic heterocycles. The number of hydrogen-bond donors (Lipinski definition) is 2. The average Bonchev–Trinajstić information content (AvgIpc) is 2.97. The van der Waals surface area contributed by atoms with E-state index in [1.807, 2.05) is 31.2 Å². The summed E-state index contributed by atoms with van der Waals surface area (Å²) >= 11 is 1.75. The van der Waals surface area contributed by atoms with Crippen LogP contribution in [0.5, 0.6) is 0 Å². The van der Waals surface area contributed by atoms with Gasteiger partial charge >= 0.3 is 0 Å². The molecule has 0 saturated carbocycles. The zero-order chi connectivity index (χ0) is 19.8. The molecule has 146 valence electrons. The highest BCUT2D eigenvalue weighted by Crippen LogP contribution is 2.17. The Morgan fingerprint density at radius 2 is 1.89 bits per heavy atom. The highest BCUT2D eigenvalue weighted by Gasteiger charge is 2.08. The molecule has 2 aromatic rings. The van der Waals surface area contributed by atoms with Gasteiger partial charge in [0.05, 0.1) is 10.7 Å². The fourth-order valence-corrected chi connectivity index (χ4v) is 3.70. The number of carbonyl (C=O) groups is 1. The van der Waals surface area contributed by atoms with Gasteiger partial charge in [-0.25, -0.2) is 4.98 Å². The van der Waals surface area contributed by atoms with E-state index < -0.39 is 0 Å². The lowest BCUT2D eigenvalue weighted by Gasteiger charge is -2.13. The van der Waals surface area contributed by atoms with E-state index in [1.54, 1.807) is 37.4 Å². The predicted octanol–water partition coefficient (Wildman–Crippen LogP) is 2.41. The molecule has 0 aliphatic rings. The second-order valence-corrected chi connectivity index (χ2v) is 7.85. The maximum Gasteiger partial charge on any atom is 0.253 e. The van der Waals surface area contributed by atoms with Crippen LogP contribution in [-0.2, 0) is 12.8 Å².